The van der Waals surface area contributed by atoms with Crippen molar-refractivity contribution < 1.29 is 4.79 Å². The van der Waals surface area contributed by atoms with Crippen LogP contribution in [0.5, 0.6) is 0 Å². The number of primary amides is 1. The van der Waals surface area contributed by atoms with E-state index in [1.165, 1.54) is 12.8 Å². The van der Waals surface area contributed by atoms with Crippen LogP contribution < -0.4 is 11.1 Å². The minimum atomic E-state index is -0.456. The van der Waals surface area contributed by atoms with E-state index in [0.29, 0.717) is 10.9 Å². The topological polar surface area (TPSA) is 55.1 Å². The molecule has 0 saturated heterocycles. The highest BCUT2D eigenvalue weighted by Crippen LogP contribution is 2.30. The number of amides is 1. The van der Waals surface area contributed by atoms with Gasteiger partial charge >= 0.3 is 0 Å². The van der Waals surface area contributed by atoms with Crippen LogP contribution in [0, 0.1) is 5.92 Å². The number of hydrogen-bond donors (Lipinski definition) is 2. The summed E-state index contributed by atoms with van der Waals surface area (Å²) in [5.74, 6) is 0.330. The Bertz CT molecular complexity index is 435. The van der Waals surface area contributed by atoms with E-state index < -0.39 is 6.04 Å². The highest BCUT2D eigenvalue weighted by atomic mass is 79.9. The van der Waals surface area contributed by atoms with Crippen LogP contribution in [-0.4, -0.2) is 12.5 Å². The number of carbonyl (C=O) groups excluding carboxylic acids is 1. The molecular formula is C12H14BrClN2O. The second kappa shape index (κ2) is 5.38. The van der Waals surface area contributed by atoms with Crippen molar-refractivity contribution >= 4 is 33.4 Å². The molecule has 1 fully saturated rings. The molecule has 1 unspecified atom stereocenters. The van der Waals surface area contributed by atoms with E-state index in [1.54, 1.807) is 12.1 Å². The first-order valence-corrected chi connectivity index (χ1v) is 6.72. The van der Waals surface area contributed by atoms with E-state index in [9.17, 15) is 4.79 Å². The van der Waals surface area contributed by atoms with Crippen molar-refractivity contribution in [3.05, 3.63) is 33.3 Å². The lowest BCUT2D eigenvalue weighted by molar-refractivity contribution is -0.120. The van der Waals surface area contributed by atoms with Gasteiger partial charge < -0.3 is 11.1 Å². The molecule has 1 aliphatic rings. The maximum atomic E-state index is 11.5. The Balaban J connectivity index is 2.15. The lowest BCUT2D eigenvalue weighted by Gasteiger charge is -2.17. The summed E-state index contributed by atoms with van der Waals surface area (Å²) in [7, 11) is 0. The van der Waals surface area contributed by atoms with E-state index >= 15 is 0 Å². The zero-order valence-corrected chi connectivity index (χ0v) is 11.6. The zero-order valence-electron chi connectivity index (χ0n) is 9.25. The van der Waals surface area contributed by atoms with Gasteiger partial charge in [-0.3, -0.25) is 4.79 Å². The Kier molecular flexibility index (Phi) is 4.07. The molecule has 17 heavy (non-hydrogen) atoms. The summed E-state index contributed by atoms with van der Waals surface area (Å²) in [4.78, 5) is 11.5. The average molecular weight is 318 g/mol. The molecule has 5 heteroatoms. The van der Waals surface area contributed by atoms with Crippen LogP contribution in [0.3, 0.4) is 0 Å². The van der Waals surface area contributed by atoms with E-state index in [-0.39, 0.29) is 5.91 Å². The van der Waals surface area contributed by atoms with Gasteiger partial charge in [0, 0.05) is 9.50 Å². The molecule has 1 saturated carbocycles. The van der Waals surface area contributed by atoms with Gasteiger partial charge in [-0.1, -0.05) is 33.6 Å². The monoisotopic (exact) mass is 316 g/mol. The van der Waals surface area contributed by atoms with Gasteiger partial charge in [-0.15, -0.1) is 0 Å². The van der Waals surface area contributed by atoms with Gasteiger partial charge in [0.15, 0.2) is 0 Å². The molecule has 0 heterocycles. The zero-order chi connectivity index (χ0) is 12.4. The van der Waals surface area contributed by atoms with E-state index in [2.05, 4.69) is 21.2 Å². The molecule has 1 aromatic carbocycles. The van der Waals surface area contributed by atoms with Gasteiger partial charge in [0.2, 0.25) is 5.91 Å². The third kappa shape index (κ3) is 3.44. The number of carbonyl (C=O) groups is 1. The fraction of sp³-hybridized carbons (Fsp3) is 0.417. The summed E-state index contributed by atoms with van der Waals surface area (Å²) in [5.41, 5.74) is 6.26. The molecule has 1 aromatic rings. The van der Waals surface area contributed by atoms with Gasteiger partial charge in [0.05, 0.1) is 0 Å². The van der Waals surface area contributed by atoms with E-state index in [1.807, 2.05) is 6.07 Å². The summed E-state index contributed by atoms with van der Waals surface area (Å²) in [6.45, 7) is 0.836. The maximum Gasteiger partial charge on any atom is 0.239 e. The fourth-order valence-electron chi connectivity index (χ4n) is 1.71. The van der Waals surface area contributed by atoms with Crippen LogP contribution in [0.2, 0.25) is 5.02 Å². The van der Waals surface area contributed by atoms with Gasteiger partial charge in [-0.05, 0) is 43.0 Å². The minimum Gasteiger partial charge on any atom is -0.368 e. The van der Waals surface area contributed by atoms with E-state index in [4.69, 9.17) is 17.3 Å². The Labute approximate surface area is 114 Å². The van der Waals surface area contributed by atoms with Crippen molar-refractivity contribution in [1.82, 2.24) is 5.32 Å². The summed E-state index contributed by atoms with van der Waals surface area (Å²) in [6, 6.07) is 4.89. The number of nitrogens with two attached hydrogens (primary N) is 1. The largest absolute Gasteiger partial charge is 0.368 e. The standard InChI is InChI=1S/C12H14BrClN2O/c13-10-5-8(14)3-4-9(10)11(12(15)17)16-6-7-1-2-7/h3-5,7,11,16H,1-2,6H2,(H2,15,17). The third-order valence-corrected chi connectivity index (χ3v) is 3.79. The molecule has 0 radical (unpaired) electrons. The number of hydrogen-bond acceptors (Lipinski definition) is 2. The van der Waals surface area contributed by atoms with E-state index in [0.717, 1.165) is 16.6 Å². The molecule has 1 atom stereocenters. The number of nitrogens with one attached hydrogen (secondary N) is 1. The van der Waals surface area contributed by atoms with Gasteiger partial charge in [-0.2, -0.15) is 0 Å². The molecule has 92 valence electrons. The molecule has 1 amide bonds. The molecule has 2 rings (SSSR count). The van der Waals surface area contributed by atoms with Gasteiger partial charge in [0.25, 0.3) is 0 Å². The van der Waals surface area contributed by atoms with Crippen LogP contribution in [0.15, 0.2) is 22.7 Å². The lowest BCUT2D eigenvalue weighted by atomic mass is 10.1. The molecule has 3 N–H and O–H groups in total. The number of halogens is 2. The van der Waals surface area contributed by atoms with Crippen LogP contribution >= 0.6 is 27.5 Å². The highest BCUT2D eigenvalue weighted by Gasteiger charge is 2.25. The summed E-state index contributed by atoms with van der Waals surface area (Å²) in [6.07, 6.45) is 2.47. The predicted octanol–water partition coefficient (Wildman–Crippen LogP) is 2.63. The van der Waals surface area contributed by atoms with Crippen LogP contribution in [-0.2, 0) is 4.79 Å². The van der Waals surface area contributed by atoms with Crippen molar-refractivity contribution in [2.45, 2.75) is 18.9 Å². The molecule has 0 bridgehead atoms. The van der Waals surface area contributed by atoms with Crippen molar-refractivity contribution in [3.8, 4) is 0 Å². The maximum absolute atomic E-state index is 11.5. The van der Waals surface area contributed by atoms with Gasteiger partial charge in [-0.25, -0.2) is 0 Å². The first-order chi connectivity index (χ1) is 8.08. The Hall–Kier alpha value is -0.580. The molecular weight excluding hydrogens is 304 g/mol. The third-order valence-electron chi connectivity index (χ3n) is 2.87. The molecule has 1 aliphatic carbocycles. The first kappa shape index (κ1) is 12.9. The SMILES string of the molecule is NC(=O)C(NCC1CC1)c1ccc(Cl)cc1Br. The second-order valence-corrected chi connectivity index (χ2v) is 5.64. The average Bonchev–Trinajstić information content (AvgIpc) is 3.04. The summed E-state index contributed by atoms with van der Waals surface area (Å²) >= 11 is 9.28. The first-order valence-electron chi connectivity index (χ1n) is 5.55. The summed E-state index contributed by atoms with van der Waals surface area (Å²) < 4.78 is 0.803. The molecule has 0 aromatic heterocycles. The smallest absolute Gasteiger partial charge is 0.239 e. The quantitative estimate of drug-likeness (QED) is 0.877. The molecule has 0 aliphatic heterocycles. The fourth-order valence-corrected chi connectivity index (χ4v) is 2.62. The Morgan fingerprint density at radius 2 is 2.29 bits per heavy atom. The van der Waals surface area contributed by atoms with Gasteiger partial charge in [0.1, 0.15) is 6.04 Å². The van der Waals surface area contributed by atoms with Crippen molar-refractivity contribution in [3.63, 3.8) is 0 Å². The predicted molar refractivity (Wildman–Crippen MR) is 71.8 cm³/mol. The minimum absolute atomic E-state index is 0.367. The van der Waals surface area contributed by atoms with Crippen molar-refractivity contribution in [2.24, 2.45) is 11.7 Å². The normalized spacial score (nSPS) is 16.8. The summed E-state index contributed by atoms with van der Waals surface area (Å²) in [5, 5.41) is 3.84. The van der Waals surface area contributed by atoms with Crippen LogP contribution in [0.4, 0.5) is 0 Å². The van der Waals surface area contributed by atoms with Crippen LogP contribution in [0.25, 0.3) is 0 Å². The lowest BCUT2D eigenvalue weighted by Crippen LogP contribution is -2.35. The molecule has 3 nitrogen and oxygen atoms in total. The molecule has 0 spiro atoms. The van der Waals surface area contributed by atoms with Crippen LogP contribution in [0.1, 0.15) is 24.4 Å². The Morgan fingerprint density at radius 1 is 1.59 bits per heavy atom. The number of benzene rings is 1. The van der Waals surface area contributed by atoms with Crippen molar-refractivity contribution in [2.75, 3.05) is 6.54 Å². The number of rotatable bonds is 5. The Morgan fingerprint density at radius 3 is 2.82 bits per heavy atom. The highest BCUT2D eigenvalue weighted by molar-refractivity contribution is 9.10. The second-order valence-electron chi connectivity index (χ2n) is 4.35. The van der Waals surface area contributed by atoms with Crippen molar-refractivity contribution in [1.29, 1.82) is 0 Å².